The Morgan fingerprint density at radius 1 is 1.32 bits per heavy atom. The predicted molar refractivity (Wildman–Crippen MR) is 73.0 cm³/mol. The summed E-state index contributed by atoms with van der Waals surface area (Å²) in [5, 5.41) is 2.54. The lowest BCUT2D eigenvalue weighted by Gasteiger charge is -2.16. The normalized spacial score (nSPS) is 14.7. The van der Waals surface area contributed by atoms with Crippen molar-refractivity contribution in [3.63, 3.8) is 0 Å². The summed E-state index contributed by atoms with van der Waals surface area (Å²) in [6, 6.07) is -1.89. The van der Waals surface area contributed by atoms with Gasteiger partial charge in [0.15, 0.2) is 0 Å². The van der Waals surface area contributed by atoms with Crippen LogP contribution in [0.2, 0.25) is 0 Å². The molecule has 0 saturated heterocycles. The maximum absolute atomic E-state index is 11.2. The van der Waals surface area contributed by atoms with Crippen LogP contribution >= 0.6 is 21.6 Å². The molecule has 0 aliphatic heterocycles. The summed E-state index contributed by atoms with van der Waals surface area (Å²) >= 11 is 0. The highest BCUT2D eigenvalue weighted by atomic mass is 33.1. The van der Waals surface area contributed by atoms with Gasteiger partial charge in [-0.3, -0.25) is 9.59 Å². The van der Waals surface area contributed by atoms with Crippen LogP contribution in [-0.2, 0) is 19.1 Å². The Morgan fingerprint density at radius 3 is 2.37 bits per heavy atom. The Balaban J connectivity index is 4.34. The molecule has 0 aliphatic carbocycles. The van der Waals surface area contributed by atoms with Crippen molar-refractivity contribution >= 4 is 33.5 Å². The van der Waals surface area contributed by atoms with Crippen LogP contribution in [0.5, 0.6) is 0 Å². The van der Waals surface area contributed by atoms with E-state index in [1.807, 2.05) is 0 Å². The van der Waals surface area contributed by atoms with E-state index in [1.54, 1.807) is 0 Å². The first kappa shape index (κ1) is 17.9. The highest BCUT2D eigenvalue weighted by Gasteiger charge is 2.26. The second kappa shape index (κ2) is 9.75. The van der Waals surface area contributed by atoms with Crippen LogP contribution in [0.4, 0.5) is 0 Å². The lowest BCUT2D eigenvalue weighted by atomic mass is 10.3. The fourth-order valence-electron chi connectivity index (χ4n) is 0.856. The first-order valence-corrected chi connectivity index (χ1v) is 7.35. The van der Waals surface area contributed by atoms with Crippen molar-refractivity contribution in [3.8, 4) is 0 Å². The third-order valence-electron chi connectivity index (χ3n) is 1.86. The second-order valence-electron chi connectivity index (χ2n) is 3.15. The summed E-state index contributed by atoms with van der Waals surface area (Å²) in [5.41, 5.74) is 19.5. The molecular weight excluding hydrogens is 294 g/mol. The third-order valence-corrected chi connectivity index (χ3v) is 4.49. The number of methoxy groups -OCH3 is 2. The van der Waals surface area contributed by atoms with E-state index in [9.17, 15) is 9.59 Å². The smallest absolute Gasteiger partial charge is 0.323 e. The van der Waals surface area contributed by atoms with Crippen LogP contribution in [0.15, 0.2) is 5.11 Å². The lowest BCUT2D eigenvalue weighted by Crippen LogP contribution is -2.39. The molecule has 19 heavy (non-hydrogen) atoms. The first-order valence-electron chi connectivity index (χ1n) is 4.97. The summed E-state index contributed by atoms with van der Waals surface area (Å²) in [4.78, 5) is 24.9. The van der Waals surface area contributed by atoms with Crippen LogP contribution in [0.3, 0.4) is 0 Å². The van der Waals surface area contributed by atoms with Gasteiger partial charge >= 0.3 is 11.9 Å². The predicted octanol–water partition coefficient (Wildman–Crippen LogP) is 0.00480. The van der Waals surface area contributed by atoms with E-state index in [2.05, 4.69) is 19.5 Å². The number of hydrogen-bond donors (Lipinski definition) is 2. The van der Waals surface area contributed by atoms with Crippen molar-refractivity contribution in [2.24, 2.45) is 16.6 Å². The van der Waals surface area contributed by atoms with Gasteiger partial charge in [0.05, 0.1) is 14.2 Å². The van der Waals surface area contributed by atoms with Crippen LogP contribution in [0, 0.1) is 0 Å². The van der Waals surface area contributed by atoms with Crippen LogP contribution in [-0.4, -0.2) is 49.4 Å². The molecule has 0 radical (unpaired) electrons. The molecule has 0 heterocycles. The molecule has 0 spiro atoms. The van der Waals surface area contributed by atoms with Gasteiger partial charge in [-0.2, -0.15) is 0 Å². The fraction of sp³-hybridized carbons (Fsp3) is 0.750. The molecule has 0 fully saturated rings. The molecule has 0 saturated carbocycles. The Bertz CT molecular complexity index is 363. The minimum Gasteiger partial charge on any atom is -0.468 e. The number of nitrogens with two attached hydrogens (primary N) is 2. The average molecular weight is 309 g/mol. The minimum atomic E-state index is -1.09. The number of nitrogens with zero attached hydrogens (tertiary/aromatic N) is 3. The van der Waals surface area contributed by atoms with Crippen molar-refractivity contribution in [2.75, 3.05) is 20.0 Å². The van der Waals surface area contributed by atoms with Gasteiger partial charge in [-0.25, -0.2) is 0 Å². The van der Waals surface area contributed by atoms with Gasteiger partial charge in [-0.15, -0.1) is 0 Å². The maximum Gasteiger partial charge on any atom is 0.323 e. The molecule has 0 bridgehead atoms. The van der Waals surface area contributed by atoms with E-state index in [0.29, 0.717) is 0 Å². The van der Waals surface area contributed by atoms with Crippen molar-refractivity contribution in [2.45, 2.75) is 17.5 Å². The zero-order valence-corrected chi connectivity index (χ0v) is 12.0. The molecule has 0 aromatic heterocycles. The molecule has 0 aromatic carbocycles. The molecule has 1 unspecified atom stereocenters. The van der Waals surface area contributed by atoms with E-state index in [-0.39, 0.29) is 5.75 Å². The van der Waals surface area contributed by atoms with Crippen LogP contribution < -0.4 is 11.5 Å². The summed E-state index contributed by atoms with van der Waals surface area (Å²) in [6.45, 7) is 0. The number of azide groups is 1. The van der Waals surface area contributed by atoms with Crippen molar-refractivity contribution in [3.05, 3.63) is 10.4 Å². The summed E-state index contributed by atoms with van der Waals surface area (Å²) in [7, 11) is 4.60. The molecule has 0 aromatic rings. The van der Waals surface area contributed by atoms with Gasteiger partial charge in [0.1, 0.15) is 17.5 Å². The molecule has 9 nitrogen and oxygen atoms in total. The Kier molecular flexibility index (Phi) is 9.17. The molecular formula is C8H15N5O4S2. The van der Waals surface area contributed by atoms with E-state index in [1.165, 1.54) is 14.2 Å². The van der Waals surface area contributed by atoms with Gasteiger partial charge < -0.3 is 20.9 Å². The number of rotatable bonds is 8. The Morgan fingerprint density at radius 2 is 1.89 bits per heavy atom. The monoisotopic (exact) mass is 309 g/mol. The molecule has 3 atom stereocenters. The van der Waals surface area contributed by atoms with E-state index in [0.717, 1.165) is 21.6 Å². The van der Waals surface area contributed by atoms with Crippen LogP contribution in [0.25, 0.3) is 10.4 Å². The highest BCUT2D eigenvalue weighted by molar-refractivity contribution is 8.77. The van der Waals surface area contributed by atoms with Crippen molar-refractivity contribution in [1.82, 2.24) is 0 Å². The first-order chi connectivity index (χ1) is 8.97. The van der Waals surface area contributed by atoms with Crippen LogP contribution in [0.1, 0.15) is 0 Å². The molecule has 11 heteroatoms. The van der Waals surface area contributed by atoms with Gasteiger partial charge in [-0.1, -0.05) is 26.7 Å². The van der Waals surface area contributed by atoms with Gasteiger partial charge in [0.2, 0.25) is 0 Å². The zero-order chi connectivity index (χ0) is 14.8. The van der Waals surface area contributed by atoms with Gasteiger partial charge in [0, 0.05) is 10.7 Å². The van der Waals surface area contributed by atoms with Gasteiger partial charge in [-0.05, 0) is 5.53 Å². The fourth-order valence-corrected chi connectivity index (χ4v) is 3.24. The topological polar surface area (TPSA) is 153 Å². The van der Waals surface area contributed by atoms with Gasteiger partial charge in [0.25, 0.3) is 0 Å². The Labute approximate surface area is 117 Å². The largest absolute Gasteiger partial charge is 0.468 e. The minimum absolute atomic E-state index is 0.225. The molecule has 108 valence electrons. The number of carbonyl (C=O) groups is 2. The quantitative estimate of drug-likeness (QED) is 0.209. The number of carbonyl (C=O) groups excluding carboxylic acids is 2. The molecule has 4 N–H and O–H groups in total. The third kappa shape index (κ3) is 6.55. The number of ether oxygens (including phenoxy) is 2. The summed E-state index contributed by atoms with van der Waals surface area (Å²) < 4.78 is 8.91. The maximum atomic E-state index is 11.2. The SMILES string of the molecule is COC(=O)[C@@H](N)C(N=[N+]=[N-])SSC[C@H](N)C(=O)OC. The van der Waals surface area contributed by atoms with E-state index >= 15 is 0 Å². The molecule has 0 amide bonds. The van der Waals surface area contributed by atoms with E-state index in [4.69, 9.17) is 17.0 Å². The highest BCUT2D eigenvalue weighted by Crippen LogP contribution is 2.30. The molecule has 0 aliphatic rings. The van der Waals surface area contributed by atoms with Crippen molar-refractivity contribution in [1.29, 1.82) is 0 Å². The average Bonchev–Trinajstić information content (AvgIpc) is 2.43. The Hall–Kier alpha value is -1.13. The lowest BCUT2D eigenvalue weighted by molar-refractivity contribution is -0.142. The number of hydrogen-bond acceptors (Lipinski definition) is 9. The zero-order valence-electron chi connectivity index (χ0n) is 10.4. The second-order valence-corrected chi connectivity index (χ2v) is 5.68. The summed E-state index contributed by atoms with van der Waals surface area (Å²) in [6.07, 6.45) is 0. The van der Waals surface area contributed by atoms with E-state index < -0.39 is 29.4 Å². The number of esters is 2. The molecule has 0 rings (SSSR count). The standard InChI is InChI=1S/C8H15N5O4S2/c1-16-7(14)4(9)3-18-19-6(12-13-11)5(10)8(15)17-2/h4-6H,3,9-10H2,1-2H3/t4-,5-,6?/m0/s1. The summed E-state index contributed by atoms with van der Waals surface area (Å²) in [5.74, 6) is -1.02. The van der Waals surface area contributed by atoms with Crippen molar-refractivity contribution < 1.29 is 19.1 Å².